The molecule has 0 heterocycles. The van der Waals surface area contributed by atoms with Gasteiger partial charge in [0.1, 0.15) is 0 Å². The number of carbonyl (C=O) groups is 2. The predicted octanol–water partition coefficient (Wildman–Crippen LogP) is -0.609. The summed E-state index contributed by atoms with van der Waals surface area (Å²) in [5.41, 5.74) is 0. The lowest BCUT2D eigenvalue weighted by molar-refractivity contribution is -0.140. The van der Waals surface area contributed by atoms with E-state index < -0.39 is 0 Å². The molecule has 0 spiro atoms. The smallest absolute Gasteiger partial charge is 0.306 e. The molecule has 0 aliphatic rings. The van der Waals surface area contributed by atoms with Crippen LogP contribution in [0.25, 0.3) is 0 Å². The lowest BCUT2D eigenvalue weighted by Gasteiger charge is -2.02. The number of rotatable bonds is 7. The highest BCUT2D eigenvalue weighted by Gasteiger charge is 2.03. The lowest BCUT2D eigenvalue weighted by Crippen LogP contribution is -2.28. The van der Waals surface area contributed by atoms with Crippen LogP contribution in [-0.4, -0.2) is 48.8 Å². The van der Waals surface area contributed by atoms with Gasteiger partial charge in [-0.1, -0.05) is 0 Å². The van der Waals surface area contributed by atoms with E-state index in [4.69, 9.17) is 5.11 Å². The summed E-state index contributed by atoms with van der Waals surface area (Å²) in [6.07, 6.45) is 0.314. The summed E-state index contributed by atoms with van der Waals surface area (Å²) >= 11 is 1.36. The zero-order chi connectivity index (χ0) is 10.8. The minimum Gasteiger partial charge on any atom is -0.469 e. The molecule has 0 radical (unpaired) electrons. The molecule has 0 fully saturated rings. The van der Waals surface area contributed by atoms with Crippen molar-refractivity contribution in [2.24, 2.45) is 0 Å². The highest BCUT2D eigenvalue weighted by molar-refractivity contribution is 7.99. The normalized spacial score (nSPS) is 9.57. The first-order valence-corrected chi connectivity index (χ1v) is 5.38. The number of aliphatic hydroxyl groups excluding tert-OH is 1. The highest BCUT2D eigenvalue weighted by Crippen LogP contribution is 2.02. The molecule has 0 rings (SSSR count). The van der Waals surface area contributed by atoms with Gasteiger partial charge in [-0.3, -0.25) is 9.59 Å². The van der Waals surface area contributed by atoms with Crippen LogP contribution >= 0.6 is 11.8 Å². The first-order chi connectivity index (χ1) is 6.70. The van der Waals surface area contributed by atoms with E-state index in [-0.39, 0.29) is 25.0 Å². The standard InChI is InChI=1S/C8H15NO4S/c1-13-8(12)2-5-14-6-7(11)9-3-4-10/h10H,2-6H2,1H3,(H,9,11). The zero-order valence-corrected chi connectivity index (χ0v) is 8.93. The maximum Gasteiger partial charge on any atom is 0.306 e. The Morgan fingerprint density at radius 1 is 1.50 bits per heavy atom. The van der Waals surface area contributed by atoms with Crippen LogP contribution in [0.15, 0.2) is 0 Å². The van der Waals surface area contributed by atoms with Gasteiger partial charge >= 0.3 is 5.97 Å². The Labute approximate surface area is 87.2 Å². The number of nitrogens with one attached hydrogen (secondary N) is 1. The Morgan fingerprint density at radius 3 is 2.79 bits per heavy atom. The predicted molar refractivity (Wildman–Crippen MR) is 54.1 cm³/mol. The number of carbonyl (C=O) groups excluding carboxylic acids is 2. The van der Waals surface area contributed by atoms with Crippen LogP contribution in [0, 0.1) is 0 Å². The molecule has 0 aromatic carbocycles. The molecule has 0 unspecified atom stereocenters. The summed E-state index contributed by atoms with van der Waals surface area (Å²) < 4.78 is 4.44. The van der Waals surface area contributed by atoms with Crippen molar-refractivity contribution in [3.8, 4) is 0 Å². The monoisotopic (exact) mass is 221 g/mol. The van der Waals surface area contributed by atoms with Crippen LogP contribution in [0.3, 0.4) is 0 Å². The van der Waals surface area contributed by atoms with Crippen molar-refractivity contribution in [3.05, 3.63) is 0 Å². The van der Waals surface area contributed by atoms with Gasteiger partial charge in [-0.25, -0.2) is 0 Å². The molecule has 0 bridgehead atoms. The van der Waals surface area contributed by atoms with Crippen molar-refractivity contribution in [1.29, 1.82) is 0 Å². The molecular weight excluding hydrogens is 206 g/mol. The molecule has 6 heteroatoms. The molecule has 0 atom stereocenters. The number of esters is 1. The molecule has 5 nitrogen and oxygen atoms in total. The van der Waals surface area contributed by atoms with Gasteiger partial charge in [0.25, 0.3) is 0 Å². The van der Waals surface area contributed by atoms with Gasteiger partial charge in [0, 0.05) is 12.3 Å². The fraction of sp³-hybridized carbons (Fsp3) is 0.750. The second kappa shape index (κ2) is 8.83. The first kappa shape index (κ1) is 13.2. The summed E-state index contributed by atoms with van der Waals surface area (Å²) in [5.74, 6) is 0.470. The molecule has 2 N–H and O–H groups in total. The van der Waals surface area contributed by atoms with Gasteiger partial charge in [0.2, 0.25) is 5.91 Å². The van der Waals surface area contributed by atoms with E-state index in [0.29, 0.717) is 17.9 Å². The van der Waals surface area contributed by atoms with Crippen molar-refractivity contribution >= 4 is 23.6 Å². The number of hydrogen-bond acceptors (Lipinski definition) is 5. The van der Waals surface area contributed by atoms with E-state index in [2.05, 4.69) is 10.1 Å². The average Bonchev–Trinajstić information content (AvgIpc) is 2.21. The van der Waals surface area contributed by atoms with Gasteiger partial charge in [0.05, 0.1) is 25.9 Å². The Bertz CT molecular complexity index is 186. The summed E-state index contributed by atoms with van der Waals surface area (Å²) in [5, 5.41) is 10.9. The molecule has 0 saturated carbocycles. The topological polar surface area (TPSA) is 75.6 Å². The van der Waals surface area contributed by atoms with Crippen LogP contribution in [-0.2, 0) is 14.3 Å². The number of aliphatic hydroxyl groups is 1. The van der Waals surface area contributed by atoms with Gasteiger partial charge < -0.3 is 15.2 Å². The molecule has 0 aliphatic heterocycles. The van der Waals surface area contributed by atoms with Gasteiger partial charge in [0.15, 0.2) is 0 Å². The van der Waals surface area contributed by atoms with Gasteiger partial charge in [-0.05, 0) is 0 Å². The summed E-state index contributed by atoms with van der Waals surface area (Å²) in [4.78, 5) is 21.6. The lowest BCUT2D eigenvalue weighted by atomic mass is 10.5. The molecule has 1 amide bonds. The molecule has 0 saturated heterocycles. The molecule has 0 aromatic rings. The van der Waals surface area contributed by atoms with Crippen LogP contribution in [0.5, 0.6) is 0 Å². The SMILES string of the molecule is COC(=O)CCSCC(=O)NCCO. The molecule has 82 valence electrons. The minimum atomic E-state index is -0.270. The Balaban J connectivity index is 3.27. The second-order valence-corrected chi connectivity index (χ2v) is 3.56. The number of hydrogen-bond donors (Lipinski definition) is 2. The Hall–Kier alpha value is -0.750. The van der Waals surface area contributed by atoms with E-state index in [1.54, 1.807) is 0 Å². The fourth-order valence-electron chi connectivity index (χ4n) is 0.669. The zero-order valence-electron chi connectivity index (χ0n) is 8.12. The number of thioether (sulfide) groups is 1. The quantitative estimate of drug-likeness (QED) is 0.443. The first-order valence-electron chi connectivity index (χ1n) is 4.22. The van der Waals surface area contributed by atoms with Crippen LogP contribution in [0.4, 0.5) is 0 Å². The van der Waals surface area contributed by atoms with E-state index in [9.17, 15) is 9.59 Å². The molecular formula is C8H15NO4S. The van der Waals surface area contributed by atoms with Crippen molar-refractivity contribution < 1.29 is 19.4 Å². The van der Waals surface area contributed by atoms with Gasteiger partial charge in [-0.15, -0.1) is 0 Å². The van der Waals surface area contributed by atoms with E-state index >= 15 is 0 Å². The summed E-state index contributed by atoms with van der Waals surface area (Å²) in [7, 11) is 1.33. The van der Waals surface area contributed by atoms with E-state index in [1.807, 2.05) is 0 Å². The van der Waals surface area contributed by atoms with Crippen molar-refractivity contribution in [2.75, 3.05) is 31.8 Å². The number of ether oxygens (including phenoxy) is 1. The summed E-state index contributed by atoms with van der Waals surface area (Å²) in [6, 6.07) is 0. The third-order valence-corrected chi connectivity index (χ3v) is 2.30. The van der Waals surface area contributed by atoms with Crippen molar-refractivity contribution in [1.82, 2.24) is 5.32 Å². The molecule has 14 heavy (non-hydrogen) atoms. The van der Waals surface area contributed by atoms with Crippen LogP contribution < -0.4 is 5.32 Å². The third kappa shape index (κ3) is 7.88. The Kier molecular flexibility index (Phi) is 8.36. The fourth-order valence-corrected chi connectivity index (χ4v) is 1.41. The molecule has 0 aromatic heterocycles. The van der Waals surface area contributed by atoms with E-state index in [1.165, 1.54) is 18.9 Å². The number of methoxy groups -OCH3 is 1. The van der Waals surface area contributed by atoms with Gasteiger partial charge in [-0.2, -0.15) is 11.8 Å². The van der Waals surface area contributed by atoms with Crippen LogP contribution in [0.2, 0.25) is 0 Å². The summed E-state index contributed by atoms with van der Waals surface area (Å²) in [6.45, 7) is 0.217. The highest BCUT2D eigenvalue weighted by atomic mass is 32.2. The molecule has 0 aliphatic carbocycles. The third-order valence-electron chi connectivity index (χ3n) is 1.35. The average molecular weight is 221 g/mol. The van der Waals surface area contributed by atoms with Crippen molar-refractivity contribution in [3.63, 3.8) is 0 Å². The van der Waals surface area contributed by atoms with Crippen LogP contribution in [0.1, 0.15) is 6.42 Å². The largest absolute Gasteiger partial charge is 0.469 e. The number of amides is 1. The maximum absolute atomic E-state index is 11.0. The maximum atomic E-state index is 11.0. The second-order valence-electron chi connectivity index (χ2n) is 2.45. The van der Waals surface area contributed by atoms with E-state index in [0.717, 1.165) is 0 Å². The van der Waals surface area contributed by atoms with Crippen molar-refractivity contribution in [2.45, 2.75) is 6.42 Å². The Morgan fingerprint density at radius 2 is 2.21 bits per heavy atom. The minimum absolute atomic E-state index is 0.0570.